The molecule has 0 aromatic carbocycles. The van der Waals surface area contributed by atoms with Crippen molar-refractivity contribution < 1.29 is 62.8 Å². The summed E-state index contributed by atoms with van der Waals surface area (Å²) in [7, 11) is 0. The number of carboxylic acids is 1. The van der Waals surface area contributed by atoms with E-state index in [1.54, 1.807) is 0 Å². The zero-order chi connectivity index (χ0) is 70.1. The molecule has 0 bridgehead atoms. The van der Waals surface area contributed by atoms with Crippen molar-refractivity contribution in [1.82, 2.24) is 30.2 Å². The van der Waals surface area contributed by atoms with Crippen molar-refractivity contribution in [3.05, 3.63) is 0 Å². The van der Waals surface area contributed by atoms with Crippen LogP contribution in [0.15, 0.2) is 0 Å². The molecule has 558 valence electrons. The Balaban J connectivity index is 1.38. The molecule has 4 rings (SSSR count). The lowest BCUT2D eigenvalue weighted by Gasteiger charge is -2.35. The number of amides is 6. The Bertz CT molecular complexity index is 2230. The number of hydrogen-bond acceptors (Lipinski definition) is 13. The summed E-state index contributed by atoms with van der Waals surface area (Å²) in [6, 6.07) is -6.30. The van der Waals surface area contributed by atoms with Crippen LogP contribution in [0.2, 0.25) is 0 Å². The van der Waals surface area contributed by atoms with E-state index in [2.05, 4.69) is 31.4 Å². The molecule has 0 aromatic rings. The number of aliphatic hydroxyl groups is 1. The van der Waals surface area contributed by atoms with Gasteiger partial charge in [0, 0.05) is 56.9 Å². The lowest BCUT2D eigenvalue weighted by atomic mass is 10.0. The van der Waals surface area contributed by atoms with Gasteiger partial charge in [-0.15, -0.1) is 0 Å². The third-order valence-electron chi connectivity index (χ3n) is 20.5. The van der Waals surface area contributed by atoms with Crippen LogP contribution in [0, 0.1) is 0 Å². The van der Waals surface area contributed by atoms with Gasteiger partial charge < -0.3 is 49.9 Å². The molecule has 4 N–H and O–H groups in total. The molecule has 4 heterocycles. The van der Waals surface area contributed by atoms with Gasteiger partial charge in [0.15, 0.2) is 0 Å². The summed E-state index contributed by atoms with van der Waals surface area (Å²) in [5.74, 6) is -4.62. The number of thioether (sulfide) groups is 1. The summed E-state index contributed by atoms with van der Waals surface area (Å²) in [6.45, 7) is 6.78. The van der Waals surface area contributed by atoms with Gasteiger partial charge in [0.1, 0.15) is 49.0 Å². The quantitative estimate of drug-likeness (QED) is 0.0327. The van der Waals surface area contributed by atoms with Crippen LogP contribution in [0.5, 0.6) is 0 Å². The van der Waals surface area contributed by atoms with E-state index in [9.17, 15) is 53.4 Å². The number of carboxylic acid groups (broad SMARTS) is 1. The highest BCUT2D eigenvalue weighted by Gasteiger charge is 2.48. The zero-order valence-corrected chi connectivity index (χ0v) is 62.0. The Hall–Kier alpha value is -4.46. The number of carbonyl (C=O) groups excluding carboxylic acids is 8. The lowest BCUT2D eigenvalue weighted by molar-refractivity contribution is -0.157. The Morgan fingerprint density at radius 1 is 0.402 bits per heavy atom. The Morgan fingerprint density at radius 2 is 0.732 bits per heavy atom. The number of nitrogens with one attached hydrogen (secondary N) is 2. The molecule has 0 radical (unpaired) electrons. The molecular weight excluding hydrogens is 1250 g/mol. The number of aliphatic hydroxyl groups excluding tert-OH is 1. The van der Waals surface area contributed by atoms with Gasteiger partial charge in [-0.05, 0) is 70.6 Å². The molecule has 97 heavy (non-hydrogen) atoms. The van der Waals surface area contributed by atoms with E-state index in [-0.39, 0.29) is 74.2 Å². The first-order chi connectivity index (χ1) is 47.3. The highest BCUT2D eigenvalue weighted by molar-refractivity contribution is 7.99. The first-order valence-corrected chi connectivity index (χ1v) is 41.0. The van der Waals surface area contributed by atoms with Gasteiger partial charge >= 0.3 is 17.9 Å². The number of carbonyl (C=O) groups is 9. The van der Waals surface area contributed by atoms with Gasteiger partial charge in [-0.3, -0.25) is 38.4 Å². The van der Waals surface area contributed by atoms with Crippen LogP contribution in [-0.2, 0) is 52.6 Å². The van der Waals surface area contributed by atoms with Crippen molar-refractivity contribution >= 4 is 65.1 Å². The number of rotatable bonds is 58. The predicted molar refractivity (Wildman–Crippen MR) is 387 cm³/mol. The summed E-state index contributed by atoms with van der Waals surface area (Å²) in [4.78, 5) is 130. The minimum atomic E-state index is -1.48. The normalized spacial score (nSPS) is 18.7. The van der Waals surface area contributed by atoms with Crippen LogP contribution in [0.4, 0.5) is 0 Å². The summed E-state index contributed by atoms with van der Waals surface area (Å²) >= 11 is 1.25. The van der Waals surface area contributed by atoms with E-state index in [1.165, 1.54) is 198 Å². The summed E-state index contributed by atoms with van der Waals surface area (Å²) in [5.41, 5.74) is 0. The molecular formula is C77H136N6O13S. The van der Waals surface area contributed by atoms with E-state index < -0.39 is 78.6 Å². The fraction of sp³-hybridized carbons (Fsp3) is 0.883. The van der Waals surface area contributed by atoms with Crippen molar-refractivity contribution in [1.29, 1.82) is 0 Å². The molecule has 6 amide bonds. The first-order valence-electron chi connectivity index (χ1n) is 39.8. The largest absolute Gasteiger partial charge is 0.480 e. The standard InChI is InChI=1S/C77H136N6O13S/c1-4-7-10-13-16-19-22-25-28-31-34-37-40-51-69(85)78-64(61-97-60-62(96-71(87)53-42-39-36-33-30-27-24-21-18-15-12-9-6-3)59-95-70(86)52-41-38-35-32-29-26-23-20-17-14-11-8-5-2)72(88)79-63(58-84)73(89)80-54-43-47-65(80)74(90)81-55-44-48-66(81)75(91)82-56-45-49-67(82)76(92)83-57-46-50-68(83)77(93)94/h62-68,84H,4-61H2,1-3H3,(H,78,85)(H,79,88)(H,93,94)/t62?,63-,64-,65-,66-,67-,68-/m0/s1. The van der Waals surface area contributed by atoms with Crippen LogP contribution in [0.1, 0.15) is 342 Å². The number of ether oxygens (including phenoxy) is 2. The molecule has 0 aromatic heterocycles. The molecule has 4 saturated heterocycles. The molecule has 0 saturated carbocycles. The Kier molecular flexibility index (Phi) is 46.8. The van der Waals surface area contributed by atoms with Gasteiger partial charge in [-0.2, -0.15) is 11.8 Å². The van der Waals surface area contributed by atoms with Crippen LogP contribution < -0.4 is 10.6 Å². The average molecular weight is 1390 g/mol. The highest BCUT2D eigenvalue weighted by atomic mass is 32.2. The minimum Gasteiger partial charge on any atom is -0.480 e. The maximum atomic E-state index is 14.6. The number of unbranched alkanes of at least 4 members (excludes halogenated alkanes) is 36. The molecule has 0 aliphatic carbocycles. The third kappa shape index (κ3) is 34.6. The SMILES string of the molecule is CCCCCCCCCCCCCCCC(=O)N[C@@H](CSCC(COC(=O)CCCCCCCCCCCCCCC)OC(=O)CCCCCCCCCCCCCCC)C(=O)N[C@@H](CO)C(=O)N1CCC[C@H]1C(=O)N1CCC[C@H]1C(=O)N1CCC[C@H]1C(=O)N1CCC[C@H]1C(=O)O. The van der Waals surface area contributed by atoms with E-state index in [0.29, 0.717) is 83.7 Å². The molecule has 7 atom stereocenters. The topological polar surface area (TPSA) is 250 Å². The van der Waals surface area contributed by atoms with Gasteiger partial charge in [0.05, 0.1) is 6.61 Å². The van der Waals surface area contributed by atoms with Crippen molar-refractivity contribution in [2.75, 3.05) is 50.9 Å². The summed E-state index contributed by atoms with van der Waals surface area (Å²) in [5, 5.41) is 26.3. The van der Waals surface area contributed by atoms with Crippen molar-refractivity contribution in [2.45, 2.75) is 384 Å². The first kappa shape index (κ1) is 85.0. The fourth-order valence-electron chi connectivity index (χ4n) is 14.6. The van der Waals surface area contributed by atoms with Gasteiger partial charge in [0.2, 0.25) is 35.4 Å². The molecule has 20 heteroatoms. The second kappa shape index (κ2) is 53.4. The van der Waals surface area contributed by atoms with Crippen LogP contribution in [0.25, 0.3) is 0 Å². The molecule has 4 aliphatic heterocycles. The molecule has 4 fully saturated rings. The second-order valence-electron chi connectivity index (χ2n) is 28.8. The smallest absolute Gasteiger partial charge is 0.326 e. The van der Waals surface area contributed by atoms with Crippen molar-refractivity contribution in [3.63, 3.8) is 0 Å². The van der Waals surface area contributed by atoms with Crippen molar-refractivity contribution in [2.24, 2.45) is 0 Å². The van der Waals surface area contributed by atoms with Crippen LogP contribution in [-0.4, -0.2) is 176 Å². The Morgan fingerprint density at radius 3 is 1.11 bits per heavy atom. The summed E-state index contributed by atoms with van der Waals surface area (Å²) in [6.07, 6.45) is 49.0. The van der Waals surface area contributed by atoms with Gasteiger partial charge in [-0.1, -0.05) is 252 Å². The molecule has 1 unspecified atom stereocenters. The Labute approximate surface area is 590 Å². The maximum Gasteiger partial charge on any atom is 0.326 e. The van der Waals surface area contributed by atoms with E-state index >= 15 is 0 Å². The zero-order valence-electron chi connectivity index (χ0n) is 61.1. The second-order valence-corrected chi connectivity index (χ2v) is 29.8. The molecule has 4 aliphatic rings. The minimum absolute atomic E-state index is 0.000819. The molecule has 19 nitrogen and oxygen atoms in total. The monoisotopic (exact) mass is 1380 g/mol. The average Bonchev–Trinajstić information content (AvgIpc) is 1.68. The highest BCUT2D eigenvalue weighted by Crippen LogP contribution is 2.31. The maximum absolute atomic E-state index is 14.6. The van der Waals surface area contributed by atoms with E-state index in [1.807, 2.05) is 0 Å². The predicted octanol–water partition coefficient (Wildman–Crippen LogP) is 14.6. The molecule has 0 spiro atoms. The number of likely N-dealkylation sites (tertiary alicyclic amines) is 4. The van der Waals surface area contributed by atoms with Crippen LogP contribution in [0.3, 0.4) is 0 Å². The third-order valence-corrected chi connectivity index (χ3v) is 21.7. The van der Waals surface area contributed by atoms with Gasteiger partial charge in [-0.25, -0.2) is 4.79 Å². The van der Waals surface area contributed by atoms with Crippen molar-refractivity contribution in [3.8, 4) is 0 Å². The number of hydrogen-bond donors (Lipinski definition) is 4. The summed E-state index contributed by atoms with van der Waals surface area (Å²) < 4.78 is 11.8. The lowest BCUT2D eigenvalue weighted by Crippen LogP contribution is -2.59. The van der Waals surface area contributed by atoms with E-state index in [0.717, 1.165) is 64.2 Å². The number of esters is 2. The number of nitrogens with zero attached hydrogens (tertiary/aromatic N) is 4. The van der Waals surface area contributed by atoms with E-state index in [4.69, 9.17) is 9.47 Å². The van der Waals surface area contributed by atoms with Crippen LogP contribution >= 0.6 is 11.8 Å². The van der Waals surface area contributed by atoms with Gasteiger partial charge in [0.25, 0.3) is 0 Å². The fourth-order valence-corrected chi connectivity index (χ4v) is 15.7. The number of aliphatic carboxylic acids is 1.